The standard InChI is InChI=1S/C12H15F2NO/c13-11-8(4-5-10(16)12(11)14)7-9-3-1-2-6-15-9/h4-5,9,15-16H,1-3,6-7H2. The second-order valence-corrected chi connectivity index (χ2v) is 4.22. The maximum Gasteiger partial charge on any atom is 0.200 e. The Bertz CT molecular complexity index is 376. The minimum Gasteiger partial charge on any atom is -0.505 e. The molecule has 2 nitrogen and oxygen atoms in total. The number of halogens is 2. The van der Waals surface area contributed by atoms with Crippen molar-refractivity contribution in [3.8, 4) is 5.75 Å². The van der Waals surface area contributed by atoms with Crippen molar-refractivity contribution in [2.75, 3.05) is 6.54 Å². The van der Waals surface area contributed by atoms with E-state index in [2.05, 4.69) is 5.32 Å². The van der Waals surface area contributed by atoms with E-state index in [1.54, 1.807) is 0 Å². The van der Waals surface area contributed by atoms with Gasteiger partial charge in [-0.25, -0.2) is 4.39 Å². The lowest BCUT2D eigenvalue weighted by atomic mass is 9.97. The summed E-state index contributed by atoms with van der Waals surface area (Å²) in [6, 6.07) is 2.87. The predicted octanol–water partition coefficient (Wildman–Crippen LogP) is 2.36. The van der Waals surface area contributed by atoms with Gasteiger partial charge in [0.2, 0.25) is 5.82 Å². The number of piperidine rings is 1. The first-order valence-corrected chi connectivity index (χ1v) is 5.57. The molecule has 0 aromatic heterocycles. The van der Waals surface area contributed by atoms with Gasteiger partial charge in [0.25, 0.3) is 0 Å². The molecule has 1 heterocycles. The van der Waals surface area contributed by atoms with Crippen molar-refractivity contribution in [3.05, 3.63) is 29.3 Å². The zero-order valence-corrected chi connectivity index (χ0v) is 8.97. The van der Waals surface area contributed by atoms with E-state index in [9.17, 15) is 8.78 Å². The monoisotopic (exact) mass is 227 g/mol. The predicted molar refractivity (Wildman–Crippen MR) is 57.4 cm³/mol. The average Bonchev–Trinajstić information content (AvgIpc) is 2.31. The molecule has 0 bridgehead atoms. The van der Waals surface area contributed by atoms with Crippen molar-refractivity contribution in [3.63, 3.8) is 0 Å². The van der Waals surface area contributed by atoms with Crippen LogP contribution < -0.4 is 5.32 Å². The summed E-state index contributed by atoms with van der Waals surface area (Å²) in [5.41, 5.74) is 0.328. The van der Waals surface area contributed by atoms with Gasteiger partial charge in [-0.15, -0.1) is 0 Å². The van der Waals surface area contributed by atoms with Crippen LogP contribution in [0.25, 0.3) is 0 Å². The zero-order chi connectivity index (χ0) is 11.5. The Balaban J connectivity index is 2.11. The summed E-state index contributed by atoms with van der Waals surface area (Å²) in [7, 11) is 0. The molecule has 16 heavy (non-hydrogen) atoms. The zero-order valence-electron chi connectivity index (χ0n) is 8.97. The largest absolute Gasteiger partial charge is 0.505 e. The number of nitrogens with one attached hydrogen (secondary N) is 1. The summed E-state index contributed by atoms with van der Waals surface area (Å²) in [6.07, 6.45) is 3.73. The highest BCUT2D eigenvalue weighted by Gasteiger charge is 2.18. The van der Waals surface area contributed by atoms with E-state index >= 15 is 0 Å². The fourth-order valence-electron chi connectivity index (χ4n) is 2.10. The van der Waals surface area contributed by atoms with Crippen LogP contribution in [0.3, 0.4) is 0 Å². The molecule has 88 valence electrons. The van der Waals surface area contributed by atoms with Crippen molar-refractivity contribution in [1.82, 2.24) is 5.32 Å². The number of hydrogen-bond acceptors (Lipinski definition) is 2. The molecule has 0 radical (unpaired) electrons. The summed E-state index contributed by atoms with van der Waals surface area (Å²) >= 11 is 0. The normalized spacial score (nSPS) is 21.0. The Morgan fingerprint density at radius 3 is 2.75 bits per heavy atom. The number of phenolic OH excluding ortho intramolecular Hbond substituents is 1. The Labute approximate surface area is 93.3 Å². The van der Waals surface area contributed by atoms with Crippen LogP contribution in [0.2, 0.25) is 0 Å². The molecule has 1 atom stereocenters. The van der Waals surface area contributed by atoms with Crippen LogP contribution >= 0.6 is 0 Å². The molecular weight excluding hydrogens is 212 g/mol. The smallest absolute Gasteiger partial charge is 0.200 e. The van der Waals surface area contributed by atoms with Crippen LogP contribution in [0.15, 0.2) is 12.1 Å². The first kappa shape index (κ1) is 11.3. The van der Waals surface area contributed by atoms with Crippen LogP contribution in [0.5, 0.6) is 5.75 Å². The van der Waals surface area contributed by atoms with E-state index in [1.807, 2.05) is 0 Å². The lowest BCUT2D eigenvalue weighted by molar-refractivity contribution is 0.382. The molecule has 0 amide bonds. The topological polar surface area (TPSA) is 32.3 Å². The molecule has 2 rings (SSSR count). The van der Waals surface area contributed by atoms with Crippen LogP contribution in [0, 0.1) is 11.6 Å². The Morgan fingerprint density at radius 2 is 2.06 bits per heavy atom. The van der Waals surface area contributed by atoms with Gasteiger partial charge < -0.3 is 10.4 Å². The lowest BCUT2D eigenvalue weighted by Crippen LogP contribution is -2.35. The van der Waals surface area contributed by atoms with E-state index in [1.165, 1.54) is 12.1 Å². The number of benzene rings is 1. The van der Waals surface area contributed by atoms with Gasteiger partial charge in [-0.05, 0) is 37.4 Å². The van der Waals surface area contributed by atoms with Gasteiger partial charge in [-0.1, -0.05) is 12.5 Å². The number of hydrogen-bond donors (Lipinski definition) is 2. The molecule has 1 fully saturated rings. The summed E-state index contributed by atoms with van der Waals surface area (Å²) in [5.74, 6) is -2.70. The van der Waals surface area contributed by atoms with Gasteiger partial charge in [-0.3, -0.25) is 0 Å². The van der Waals surface area contributed by atoms with E-state index in [-0.39, 0.29) is 6.04 Å². The molecule has 0 saturated carbocycles. The molecular formula is C12H15F2NO. The molecule has 1 unspecified atom stereocenters. The quantitative estimate of drug-likeness (QED) is 0.812. The molecule has 4 heteroatoms. The molecule has 1 aromatic rings. The van der Waals surface area contributed by atoms with Crippen LogP contribution in [0.4, 0.5) is 8.78 Å². The van der Waals surface area contributed by atoms with E-state index in [0.29, 0.717) is 12.0 Å². The molecule has 0 spiro atoms. The molecule has 0 aliphatic carbocycles. The maximum atomic E-state index is 13.5. The first-order valence-electron chi connectivity index (χ1n) is 5.57. The van der Waals surface area contributed by atoms with E-state index in [4.69, 9.17) is 5.11 Å². The van der Waals surface area contributed by atoms with Gasteiger partial charge in [0.15, 0.2) is 11.6 Å². The van der Waals surface area contributed by atoms with E-state index < -0.39 is 17.4 Å². The Hall–Kier alpha value is -1.16. The fraction of sp³-hybridized carbons (Fsp3) is 0.500. The van der Waals surface area contributed by atoms with Crippen molar-refractivity contribution in [2.24, 2.45) is 0 Å². The minimum atomic E-state index is -1.15. The Kier molecular flexibility index (Phi) is 3.39. The molecule has 2 N–H and O–H groups in total. The third-order valence-corrected chi connectivity index (χ3v) is 3.02. The molecule has 1 aliphatic rings. The molecule has 1 aliphatic heterocycles. The first-order chi connectivity index (χ1) is 7.68. The van der Waals surface area contributed by atoms with Crippen LogP contribution in [0.1, 0.15) is 24.8 Å². The second kappa shape index (κ2) is 4.78. The minimum absolute atomic E-state index is 0.215. The van der Waals surface area contributed by atoms with Gasteiger partial charge in [0.1, 0.15) is 0 Å². The average molecular weight is 227 g/mol. The maximum absolute atomic E-state index is 13.5. The molecule has 1 aromatic carbocycles. The molecule has 1 saturated heterocycles. The van der Waals surface area contributed by atoms with Crippen LogP contribution in [-0.4, -0.2) is 17.7 Å². The highest BCUT2D eigenvalue weighted by Crippen LogP contribution is 2.23. The highest BCUT2D eigenvalue weighted by molar-refractivity contribution is 5.30. The number of aromatic hydroxyl groups is 1. The van der Waals surface area contributed by atoms with Crippen molar-refractivity contribution in [2.45, 2.75) is 31.7 Å². The van der Waals surface area contributed by atoms with Crippen molar-refractivity contribution < 1.29 is 13.9 Å². The Morgan fingerprint density at radius 1 is 1.25 bits per heavy atom. The second-order valence-electron chi connectivity index (χ2n) is 4.22. The van der Waals surface area contributed by atoms with Gasteiger partial charge in [0, 0.05) is 6.04 Å². The number of phenols is 1. The van der Waals surface area contributed by atoms with E-state index in [0.717, 1.165) is 25.8 Å². The summed E-state index contributed by atoms with van der Waals surface area (Å²) in [4.78, 5) is 0. The summed E-state index contributed by atoms with van der Waals surface area (Å²) < 4.78 is 26.6. The summed E-state index contributed by atoms with van der Waals surface area (Å²) in [5, 5.41) is 12.3. The van der Waals surface area contributed by atoms with Gasteiger partial charge in [0.05, 0.1) is 0 Å². The summed E-state index contributed by atoms with van der Waals surface area (Å²) in [6.45, 7) is 0.937. The van der Waals surface area contributed by atoms with Crippen molar-refractivity contribution >= 4 is 0 Å². The van der Waals surface area contributed by atoms with Gasteiger partial charge >= 0.3 is 0 Å². The lowest BCUT2D eigenvalue weighted by Gasteiger charge is -2.23. The third-order valence-electron chi connectivity index (χ3n) is 3.02. The van der Waals surface area contributed by atoms with Gasteiger partial charge in [-0.2, -0.15) is 4.39 Å². The van der Waals surface area contributed by atoms with Crippen molar-refractivity contribution in [1.29, 1.82) is 0 Å². The highest BCUT2D eigenvalue weighted by atomic mass is 19.2. The third kappa shape index (κ3) is 2.32. The van der Waals surface area contributed by atoms with Crippen LogP contribution in [-0.2, 0) is 6.42 Å². The number of rotatable bonds is 2. The SMILES string of the molecule is Oc1ccc(CC2CCCCN2)c(F)c1F. The fourth-order valence-corrected chi connectivity index (χ4v) is 2.10.